The molecule has 1 amide bonds. The van der Waals surface area contributed by atoms with Gasteiger partial charge in [-0.05, 0) is 48.9 Å². The third-order valence-electron chi connectivity index (χ3n) is 5.59. The summed E-state index contributed by atoms with van der Waals surface area (Å²) in [4.78, 5) is 17.5. The third kappa shape index (κ3) is 4.30. The van der Waals surface area contributed by atoms with Crippen LogP contribution >= 0.6 is 0 Å². The summed E-state index contributed by atoms with van der Waals surface area (Å²) in [6, 6.07) is 16.5. The highest BCUT2D eigenvalue weighted by Crippen LogP contribution is 2.27. The van der Waals surface area contributed by atoms with Crippen LogP contribution in [0.15, 0.2) is 76.3 Å². The number of nitrogens with zero attached hydrogens (tertiary/aromatic N) is 4. The number of nitrogens with two attached hydrogens (primary N) is 2. The number of carbonyl (C=O) groups excluding carboxylic acids is 1. The van der Waals surface area contributed by atoms with Crippen molar-refractivity contribution in [2.45, 2.75) is 18.2 Å². The molecule has 0 saturated heterocycles. The molecule has 0 fully saturated rings. The Hall–Kier alpha value is -4.55. The minimum atomic E-state index is -3.92. The van der Waals surface area contributed by atoms with Crippen molar-refractivity contribution in [2.75, 3.05) is 11.1 Å². The second-order valence-electron chi connectivity index (χ2n) is 7.96. The number of anilines is 2. The zero-order valence-electron chi connectivity index (χ0n) is 19.0. The van der Waals surface area contributed by atoms with Crippen LogP contribution in [-0.2, 0) is 16.4 Å². The van der Waals surface area contributed by atoms with Crippen LogP contribution in [0.5, 0.6) is 0 Å². The highest BCUT2D eigenvalue weighted by atomic mass is 32.2. The molecule has 0 unspecified atom stereocenters. The number of rotatable bonds is 6. The van der Waals surface area contributed by atoms with Crippen molar-refractivity contribution < 1.29 is 17.7 Å². The van der Waals surface area contributed by atoms with Gasteiger partial charge in [-0.2, -0.15) is 5.10 Å². The Balaban J connectivity index is 1.44. The maximum Gasteiger partial charge on any atom is 0.275 e. The molecule has 5 aromatic rings. The molecule has 0 aliphatic heterocycles. The zero-order chi connectivity index (χ0) is 25.4. The lowest BCUT2D eigenvalue weighted by Crippen LogP contribution is -2.17. The van der Waals surface area contributed by atoms with Crippen LogP contribution < -0.4 is 16.2 Å². The van der Waals surface area contributed by atoms with E-state index in [4.69, 9.17) is 15.4 Å². The summed E-state index contributed by atoms with van der Waals surface area (Å²) in [5, 5.41) is 17.0. The number of nitrogens with one attached hydrogen (secondary N) is 1. The number of hydrogen-bond donors (Lipinski definition) is 3. The second-order valence-corrected chi connectivity index (χ2v) is 9.49. The zero-order valence-corrected chi connectivity index (χ0v) is 19.9. The van der Waals surface area contributed by atoms with Crippen LogP contribution in [0.3, 0.4) is 0 Å². The molecule has 0 aliphatic rings. The van der Waals surface area contributed by atoms with E-state index in [2.05, 4.69) is 20.6 Å². The van der Waals surface area contributed by atoms with E-state index in [9.17, 15) is 13.2 Å². The van der Waals surface area contributed by atoms with E-state index < -0.39 is 15.9 Å². The number of pyridine rings is 1. The lowest BCUT2D eigenvalue weighted by molar-refractivity contribution is 0.101. The summed E-state index contributed by atoms with van der Waals surface area (Å²) in [5.74, 6) is 0.0983. The van der Waals surface area contributed by atoms with Gasteiger partial charge in [0, 0.05) is 17.3 Å². The molecule has 0 bridgehead atoms. The van der Waals surface area contributed by atoms with E-state index >= 15 is 0 Å². The number of sulfonamides is 1. The van der Waals surface area contributed by atoms with Crippen molar-refractivity contribution in [3.8, 4) is 16.8 Å². The van der Waals surface area contributed by atoms with E-state index in [-0.39, 0.29) is 16.5 Å². The Morgan fingerprint density at radius 3 is 2.64 bits per heavy atom. The molecule has 0 radical (unpaired) electrons. The Morgan fingerprint density at radius 1 is 1.11 bits per heavy atom. The van der Waals surface area contributed by atoms with Gasteiger partial charge in [0.25, 0.3) is 5.91 Å². The lowest BCUT2D eigenvalue weighted by atomic mass is 10.1. The lowest BCUT2D eigenvalue weighted by Gasteiger charge is -2.10. The first-order valence-corrected chi connectivity index (χ1v) is 12.4. The molecule has 0 spiro atoms. The average Bonchev–Trinajstić information content (AvgIpc) is 3.48. The molecule has 5 rings (SSSR count). The standard InChI is InChI=1S/C24H21N7O4S/c1-2-15-11-19(31(29-15)16-8-9-20-18(12-16)23(25)30-35-20)24(32)28-22-10-7-14(13-27-22)17-5-3-4-6-21(17)36(26,33)34/h3-13H,2H2,1H3,(H2,25,30)(H2,26,33,34)(H,27,28,32). The maximum absolute atomic E-state index is 13.2. The topological polar surface area (TPSA) is 172 Å². The molecule has 5 N–H and O–H groups in total. The van der Waals surface area contributed by atoms with E-state index in [1.54, 1.807) is 54.6 Å². The van der Waals surface area contributed by atoms with Crippen molar-refractivity contribution >= 4 is 38.5 Å². The summed E-state index contributed by atoms with van der Waals surface area (Å²) in [7, 11) is -3.92. The smallest absolute Gasteiger partial charge is 0.275 e. The minimum Gasteiger partial charge on any atom is -0.380 e. The maximum atomic E-state index is 13.2. The van der Waals surface area contributed by atoms with Crippen molar-refractivity contribution in [3.05, 3.63) is 78.2 Å². The number of fused-ring (bicyclic) bond motifs is 1. The predicted octanol–water partition coefficient (Wildman–Crippen LogP) is 3.12. The summed E-state index contributed by atoms with van der Waals surface area (Å²) in [6.45, 7) is 1.94. The number of hydrogen-bond acceptors (Lipinski definition) is 8. The van der Waals surface area contributed by atoms with E-state index in [0.717, 1.165) is 5.69 Å². The molecule has 36 heavy (non-hydrogen) atoms. The van der Waals surface area contributed by atoms with Gasteiger partial charge in [-0.25, -0.2) is 23.2 Å². The number of aromatic nitrogens is 4. The van der Waals surface area contributed by atoms with Gasteiger partial charge in [-0.3, -0.25) is 4.79 Å². The minimum absolute atomic E-state index is 0.00925. The van der Waals surface area contributed by atoms with Gasteiger partial charge in [0.2, 0.25) is 10.0 Å². The predicted molar refractivity (Wildman–Crippen MR) is 134 cm³/mol. The molecule has 0 saturated carbocycles. The Kier molecular flexibility index (Phi) is 5.74. The van der Waals surface area contributed by atoms with E-state index in [0.29, 0.717) is 39.9 Å². The third-order valence-corrected chi connectivity index (χ3v) is 6.56. The quantitative estimate of drug-likeness (QED) is 0.317. The monoisotopic (exact) mass is 503 g/mol. The molecule has 12 heteroatoms. The van der Waals surface area contributed by atoms with E-state index in [1.807, 2.05) is 6.92 Å². The molecule has 0 aliphatic carbocycles. The first kappa shape index (κ1) is 23.2. The van der Waals surface area contributed by atoms with Gasteiger partial charge < -0.3 is 15.6 Å². The highest BCUT2D eigenvalue weighted by molar-refractivity contribution is 7.89. The normalized spacial score (nSPS) is 11.6. The van der Waals surface area contributed by atoms with Crippen LogP contribution in [0.1, 0.15) is 23.1 Å². The van der Waals surface area contributed by atoms with E-state index in [1.165, 1.54) is 16.9 Å². The van der Waals surface area contributed by atoms with Crippen LogP contribution in [0.25, 0.3) is 27.8 Å². The highest BCUT2D eigenvalue weighted by Gasteiger charge is 2.19. The number of aryl methyl sites for hydroxylation is 1. The van der Waals surface area contributed by atoms with Gasteiger partial charge in [0.1, 0.15) is 11.5 Å². The molecular weight excluding hydrogens is 482 g/mol. The second kappa shape index (κ2) is 8.91. The van der Waals surface area contributed by atoms with Crippen LogP contribution in [0.4, 0.5) is 11.6 Å². The van der Waals surface area contributed by atoms with Gasteiger partial charge in [-0.1, -0.05) is 30.3 Å². The van der Waals surface area contributed by atoms with Crippen LogP contribution in [-0.4, -0.2) is 34.2 Å². The Bertz CT molecular complexity index is 1710. The van der Waals surface area contributed by atoms with Gasteiger partial charge in [0.15, 0.2) is 11.4 Å². The van der Waals surface area contributed by atoms with Gasteiger partial charge in [-0.15, -0.1) is 0 Å². The molecular formula is C24H21N7O4S. The summed E-state index contributed by atoms with van der Waals surface area (Å²) < 4.78 is 30.5. The molecule has 3 aromatic heterocycles. The fraction of sp³-hybridized carbons (Fsp3) is 0.0833. The molecule has 182 valence electrons. The summed E-state index contributed by atoms with van der Waals surface area (Å²) in [6.07, 6.45) is 2.10. The Morgan fingerprint density at radius 2 is 1.92 bits per heavy atom. The molecule has 0 atom stereocenters. The first-order valence-electron chi connectivity index (χ1n) is 10.9. The summed E-state index contributed by atoms with van der Waals surface area (Å²) in [5.41, 5.74) is 9.00. The Labute approximate surface area is 205 Å². The van der Waals surface area contributed by atoms with Crippen molar-refractivity contribution in [1.82, 2.24) is 19.9 Å². The number of amides is 1. The SMILES string of the molecule is CCc1cc(C(=O)Nc2ccc(-c3ccccc3S(N)(=O)=O)cn2)n(-c2ccc3onc(N)c3c2)n1. The van der Waals surface area contributed by atoms with Gasteiger partial charge >= 0.3 is 0 Å². The van der Waals surface area contributed by atoms with Crippen LogP contribution in [0.2, 0.25) is 0 Å². The van der Waals surface area contributed by atoms with Crippen molar-refractivity contribution in [1.29, 1.82) is 0 Å². The first-order chi connectivity index (χ1) is 17.2. The molecule has 2 aromatic carbocycles. The number of carbonyl (C=O) groups is 1. The molecule has 11 nitrogen and oxygen atoms in total. The van der Waals surface area contributed by atoms with Crippen molar-refractivity contribution in [3.63, 3.8) is 0 Å². The largest absolute Gasteiger partial charge is 0.380 e. The number of benzene rings is 2. The average molecular weight is 504 g/mol. The fourth-order valence-electron chi connectivity index (χ4n) is 3.80. The number of primary sulfonamides is 1. The van der Waals surface area contributed by atoms with Crippen molar-refractivity contribution in [2.24, 2.45) is 5.14 Å². The molecule has 3 heterocycles. The number of nitrogen functional groups attached to an aromatic ring is 1. The summed E-state index contributed by atoms with van der Waals surface area (Å²) >= 11 is 0. The fourth-order valence-corrected chi connectivity index (χ4v) is 4.56. The van der Waals surface area contributed by atoms with Gasteiger partial charge in [0.05, 0.1) is 21.7 Å². The van der Waals surface area contributed by atoms with Crippen LogP contribution in [0, 0.1) is 0 Å².